The van der Waals surface area contributed by atoms with Crippen LogP contribution < -0.4 is 5.73 Å². The van der Waals surface area contributed by atoms with Crippen molar-refractivity contribution >= 4 is 5.84 Å². The third-order valence-electron chi connectivity index (χ3n) is 1.26. The van der Waals surface area contributed by atoms with Crippen molar-refractivity contribution in [2.45, 2.75) is 6.10 Å². The third kappa shape index (κ3) is 1.58. The Morgan fingerprint density at radius 3 is 2.90 bits per heavy atom. The molecular weight excluding hydrogens is 136 g/mol. The quantitative estimate of drug-likeness (QED) is 0.218. The Labute approximate surface area is 58.4 Å². The van der Waals surface area contributed by atoms with Gasteiger partial charge in [0, 0.05) is 0 Å². The van der Waals surface area contributed by atoms with E-state index >= 15 is 0 Å². The predicted octanol–water partition coefficient (Wildman–Crippen LogP) is -0.852. The second-order valence-electron chi connectivity index (χ2n) is 1.96. The lowest BCUT2D eigenvalue weighted by molar-refractivity contribution is -0.0606. The molecule has 0 aromatic carbocycles. The highest BCUT2D eigenvalue weighted by atomic mass is 16.6. The lowest BCUT2D eigenvalue weighted by Gasteiger charge is -2.21. The van der Waals surface area contributed by atoms with E-state index in [1.54, 1.807) is 0 Å². The molecule has 0 radical (unpaired) electrons. The predicted molar refractivity (Wildman–Crippen MR) is 34.0 cm³/mol. The molecule has 5 heteroatoms. The summed E-state index contributed by atoms with van der Waals surface area (Å²) in [4.78, 5) is 0. The number of rotatable bonds is 1. The molecule has 1 rings (SSSR count). The van der Waals surface area contributed by atoms with Gasteiger partial charge >= 0.3 is 0 Å². The van der Waals surface area contributed by atoms with E-state index in [0.717, 1.165) is 0 Å². The Balaban J connectivity index is 2.39. The molecular formula is C5H10N2O3. The second-order valence-corrected chi connectivity index (χ2v) is 1.96. The van der Waals surface area contributed by atoms with Crippen molar-refractivity contribution in [3.8, 4) is 0 Å². The van der Waals surface area contributed by atoms with Crippen molar-refractivity contribution in [3.05, 3.63) is 0 Å². The van der Waals surface area contributed by atoms with E-state index in [9.17, 15) is 0 Å². The summed E-state index contributed by atoms with van der Waals surface area (Å²) in [6, 6.07) is 0. The Kier molecular flexibility index (Phi) is 2.47. The van der Waals surface area contributed by atoms with Crippen LogP contribution in [-0.4, -0.2) is 37.0 Å². The fourth-order valence-electron chi connectivity index (χ4n) is 0.723. The highest BCUT2D eigenvalue weighted by Crippen LogP contribution is 1.99. The van der Waals surface area contributed by atoms with Gasteiger partial charge in [-0.15, -0.1) is 0 Å². The lowest BCUT2D eigenvalue weighted by atomic mass is 10.3. The molecule has 0 aromatic rings. The average molecular weight is 146 g/mol. The van der Waals surface area contributed by atoms with Gasteiger partial charge in [0.15, 0.2) is 5.84 Å². The molecule has 1 aliphatic heterocycles. The second kappa shape index (κ2) is 3.38. The molecule has 10 heavy (non-hydrogen) atoms. The van der Waals surface area contributed by atoms with Crippen LogP contribution in [0, 0.1) is 0 Å². The van der Waals surface area contributed by atoms with E-state index in [1.165, 1.54) is 0 Å². The first kappa shape index (κ1) is 7.30. The van der Waals surface area contributed by atoms with Crippen LogP contribution in [0.15, 0.2) is 5.16 Å². The highest BCUT2D eigenvalue weighted by Gasteiger charge is 2.18. The zero-order valence-electron chi connectivity index (χ0n) is 5.49. The number of nitrogens with zero attached hydrogens (tertiary/aromatic N) is 1. The van der Waals surface area contributed by atoms with Gasteiger partial charge in [0.1, 0.15) is 6.10 Å². The number of nitrogens with two attached hydrogens (primary N) is 1. The number of amidine groups is 1. The summed E-state index contributed by atoms with van der Waals surface area (Å²) in [6.45, 7) is 1.45. The molecule has 3 N–H and O–H groups in total. The van der Waals surface area contributed by atoms with Gasteiger partial charge in [-0.25, -0.2) is 0 Å². The number of hydrogen-bond acceptors (Lipinski definition) is 4. The smallest absolute Gasteiger partial charge is 0.170 e. The summed E-state index contributed by atoms with van der Waals surface area (Å²) in [7, 11) is 0. The Bertz CT molecular complexity index is 131. The summed E-state index contributed by atoms with van der Waals surface area (Å²) in [5.74, 6) is 0.0692. The molecule has 0 aliphatic carbocycles. The van der Waals surface area contributed by atoms with Gasteiger partial charge in [-0.1, -0.05) is 5.16 Å². The van der Waals surface area contributed by atoms with Crippen molar-refractivity contribution < 1.29 is 14.7 Å². The molecule has 5 nitrogen and oxygen atoms in total. The zero-order valence-corrected chi connectivity index (χ0v) is 5.49. The van der Waals surface area contributed by atoms with E-state index in [4.69, 9.17) is 20.4 Å². The minimum absolute atomic E-state index is 0.0692. The van der Waals surface area contributed by atoms with Crippen LogP contribution in [0.5, 0.6) is 0 Å². The normalized spacial score (nSPS) is 28.4. The van der Waals surface area contributed by atoms with Crippen molar-refractivity contribution in [3.63, 3.8) is 0 Å². The number of ether oxygens (including phenoxy) is 2. The van der Waals surface area contributed by atoms with Crippen LogP contribution in [-0.2, 0) is 9.47 Å². The fourth-order valence-corrected chi connectivity index (χ4v) is 0.723. The molecule has 0 aromatic heterocycles. The van der Waals surface area contributed by atoms with E-state index in [0.29, 0.717) is 19.8 Å². The Morgan fingerprint density at radius 1 is 1.60 bits per heavy atom. The van der Waals surface area contributed by atoms with Crippen molar-refractivity contribution in [1.82, 2.24) is 0 Å². The molecule has 1 saturated heterocycles. The molecule has 1 fully saturated rings. The van der Waals surface area contributed by atoms with Gasteiger partial charge in [-0.2, -0.15) is 0 Å². The van der Waals surface area contributed by atoms with Crippen LogP contribution in [0.1, 0.15) is 0 Å². The molecule has 1 atom stereocenters. The van der Waals surface area contributed by atoms with Crippen LogP contribution >= 0.6 is 0 Å². The minimum atomic E-state index is -0.376. The topological polar surface area (TPSA) is 77.1 Å². The van der Waals surface area contributed by atoms with Crippen LogP contribution in [0.2, 0.25) is 0 Å². The SMILES string of the molecule is N/C(=N\O)C1COCCO1. The van der Waals surface area contributed by atoms with E-state index in [1.807, 2.05) is 0 Å². The maximum atomic E-state index is 8.21. The zero-order chi connectivity index (χ0) is 7.40. The summed E-state index contributed by atoms with van der Waals surface area (Å²) < 4.78 is 10.1. The van der Waals surface area contributed by atoms with Crippen molar-refractivity contribution in [1.29, 1.82) is 0 Å². The molecule has 1 heterocycles. The monoisotopic (exact) mass is 146 g/mol. The molecule has 1 unspecified atom stereocenters. The minimum Gasteiger partial charge on any atom is -0.409 e. The van der Waals surface area contributed by atoms with Gasteiger partial charge in [0.25, 0.3) is 0 Å². The van der Waals surface area contributed by atoms with Crippen LogP contribution in [0.3, 0.4) is 0 Å². The summed E-state index contributed by atoms with van der Waals surface area (Å²) in [5, 5.41) is 11.0. The van der Waals surface area contributed by atoms with Crippen LogP contribution in [0.4, 0.5) is 0 Å². The average Bonchev–Trinajstić information content (AvgIpc) is 2.05. The van der Waals surface area contributed by atoms with Gasteiger partial charge in [-0.05, 0) is 0 Å². The molecule has 58 valence electrons. The number of hydrogen-bond donors (Lipinski definition) is 2. The maximum absolute atomic E-state index is 8.21. The number of oxime groups is 1. The first-order valence-corrected chi connectivity index (χ1v) is 3.01. The summed E-state index contributed by atoms with van der Waals surface area (Å²) in [6.07, 6.45) is -0.376. The Hall–Kier alpha value is -0.810. The maximum Gasteiger partial charge on any atom is 0.170 e. The third-order valence-corrected chi connectivity index (χ3v) is 1.26. The molecule has 0 amide bonds. The van der Waals surface area contributed by atoms with E-state index in [-0.39, 0.29) is 11.9 Å². The standard InChI is InChI=1S/C5H10N2O3/c6-5(7-8)4-3-9-1-2-10-4/h4,8H,1-3H2,(H2,6,7). The first-order valence-electron chi connectivity index (χ1n) is 3.01. The van der Waals surface area contributed by atoms with Gasteiger partial charge in [-0.3, -0.25) is 0 Å². The first-order chi connectivity index (χ1) is 4.84. The molecule has 1 aliphatic rings. The van der Waals surface area contributed by atoms with E-state index in [2.05, 4.69) is 5.16 Å². The van der Waals surface area contributed by atoms with Gasteiger partial charge < -0.3 is 20.4 Å². The van der Waals surface area contributed by atoms with Crippen molar-refractivity contribution in [2.24, 2.45) is 10.9 Å². The Morgan fingerprint density at radius 2 is 2.40 bits per heavy atom. The van der Waals surface area contributed by atoms with Crippen molar-refractivity contribution in [2.75, 3.05) is 19.8 Å². The van der Waals surface area contributed by atoms with E-state index < -0.39 is 0 Å². The largest absolute Gasteiger partial charge is 0.409 e. The van der Waals surface area contributed by atoms with Gasteiger partial charge in [0.2, 0.25) is 0 Å². The summed E-state index contributed by atoms with van der Waals surface area (Å²) >= 11 is 0. The van der Waals surface area contributed by atoms with Crippen LogP contribution in [0.25, 0.3) is 0 Å². The molecule has 0 spiro atoms. The fraction of sp³-hybridized carbons (Fsp3) is 0.800. The highest BCUT2D eigenvalue weighted by molar-refractivity contribution is 5.84. The summed E-state index contributed by atoms with van der Waals surface area (Å²) in [5.41, 5.74) is 5.24. The lowest BCUT2D eigenvalue weighted by Crippen LogP contribution is -2.39. The molecule has 0 saturated carbocycles. The van der Waals surface area contributed by atoms with Gasteiger partial charge in [0.05, 0.1) is 19.8 Å². The molecule has 0 bridgehead atoms.